The Labute approximate surface area is 174 Å². The monoisotopic (exact) mass is 396 g/mol. The molecule has 2 unspecified atom stereocenters. The van der Waals surface area contributed by atoms with E-state index in [1.807, 2.05) is 30.3 Å². The maximum absolute atomic E-state index is 12.3. The minimum absolute atomic E-state index is 0.0734. The van der Waals surface area contributed by atoms with Crippen molar-refractivity contribution in [2.75, 3.05) is 20.2 Å². The first-order valence-electron chi connectivity index (χ1n) is 10.4. The SMILES string of the molecule is COc1ccc(CCC(=O)NCc2ccccc2CN2CC(C)OC(C)C2)cc1. The predicted molar refractivity (Wildman–Crippen MR) is 115 cm³/mol. The van der Waals surface area contributed by atoms with Crippen molar-refractivity contribution in [2.24, 2.45) is 0 Å². The molecule has 29 heavy (non-hydrogen) atoms. The highest BCUT2D eigenvalue weighted by molar-refractivity contribution is 5.76. The van der Waals surface area contributed by atoms with Crippen LogP contribution in [0.25, 0.3) is 0 Å². The molecule has 2 atom stereocenters. The Hall–Kier alpha value is -2.37. The fraction of sp³-hybridized carbons (Fsp3) is 0.458. The number of rotatable bonds is 8. The van der Waals surface area contributed by atoms with Crippen LogP contribution in [0, 0.1) is 0 Å². The van der Waals surface area contributed by atoms with E-state index in [9.17, 15) is 4.79 Å². The molecule has 5 heteroatoms. The Morgan fingerprint density at radius 2 is 1.72 bits per heavy atom. The summed E-state index contributed by atoms with van der Waals surface area (Å²) in [6.07, 6.45) is 1.71. The molecule has 2 aromatic carbocycles. The van der Waals surface area contributed by atoms with Crippen LogP contribution in [-0.4, -0.2) is 43.2 Å². The molecule has 0 aromatic heterocycles. The van der Waals surface area contributed by atoms with E-state index >= 15 is 0 Å². The summed E-state index contributed by atoms with van der Waals surface area (Å²) >= 11 is 0. The van der Waals surface area contributed by atoms with Gasteiger partial charge >= 0.3 is 0 Å². The Bertz CT molecular complexity index is 781. The lowest BCUT2D eigenvalue weighted by Crippen LogP contribution is -2.45. The second-order valence-corrected chi connectivity index (χ2v) is 7.84. The van der Waals surface area contributed by atoms with E-state index in [2.05, 4.69) is 42.3 Å². The van der Waals surface area contributed by atoms with Gasteiger partial charge in [-0.3, -0.25) is 9.69 Å². The number of nitrogens with one attached hydrogen (secondary N) is 1. The van der Waals surface area contributed by atoms with Crippen molar-refractivity contribution in [2.45, 2.75) is 52.0 Å². The van der Waals surface area contributed by atoms with E-state index in [-0.39, 0.29) is 18.1 Å². The van der Waals surface area contributed by atoms with Crippen LogP contribution in [0.3, 0.4) is 0 Å². The largest absolute Gasteiger partial charge is 0.497 e. The number of methoxy groups -OCH3 is 1. The van der Waals surface area contributed by atoms with Gasteiger partial charge in [0.2, 0.25) is 5.91 Å². The highest BCUT2D eigenvalue weighted by atomic mass is 16.5. The molecule has 1 N–H and O–H groups in total. The average molecular weight is 397 g/mol. The Morgan fingerprint density at radius 1 is 1.07 bits per heavy atom. The van der Waals surface area contributed by atoms with Gasteiger partial charge < -0.3 is 14.8 Å². The summed E-state index contributed by atoms with van der Waals surface area (Å²) < 4.78 is 11.0. The zero-order chi connectivity index (χ0) is 20.6. The summed E-state index contributed by atoms with van der Waals surface area (Å²) in [5, 5.41) is 3.08. The van der Waals surface area contributed by atoms with Gasteiger partial charge in [-0.25, -0.2) is 0 Å². The van der Waals surface area contributed by atoms with Crippen LogP contribution in [0.1, 0.15) is 37.0 Å². The maximum Gasteiger partial charge on any atom is 0.220 e. The first-order chi connectivity index (χ1) is 14.0. The number of carbonyl (C=O) groups excluding carboxylic acids is 1. The van der Waals surface area contributed by atoms with Crippen molar-refractivity contribution in [1.29, 1.82) is 0 Å². The van der Waals surface area contributed by atoms with Gasteiger partial charge in [0.05, 0.1) is 19.3 Å². The topological polar surface area (TPSA) is 50.8 Å². The van der Waals surface area contributed by atoms with Gasteiger partial charge in [0, 0.05) is 32.6 Å². The summed E-state index contributed by atoms with van der Waals surface area (Å²) in [6.45, 7) is 7.57. The van der Waals surface area contributed by atoms with E-state index in [4.69, 9.17) is 9.47 Å². The Morgan fingerprint density at radius 3 is 2.38 bits per heavy atom. The quantitative estimate of drug-likeness (QED) is 0.741. The molecule has 0 spiro atoms. The smallest absolute Gasteiger partial charge is 0.220 e. The number of carbonyl (C=O) groups is 1. The lowest BCUT2D eigenvalue weighted by molar-refractivity contribution is -0.121. The van der Waals surface area contributed by atoms with Crippen LogP contribution in [0.4, 0.5) is 0 Å². The molecule has 5 nitrogen and oxygen atoms in total. The number of hydrogen-bond acceptors (Lipinski definition) is 4. The van der Waals surface area contributed by atoms with Gasteiger partial charge in [0.15, 0.2) is 0 Å². The lowest BCUT2D eigenvalue weighted by atomic mass is 10.1. The van der Waals surface area contributed by atoms with Crippen LogP contribution >= 0.6 is 0 Å². The third-order valence-electron chi connectivity index (χ3n) is 5.28. The summed E-state index contributed by atoms with van der Waals surface area (Å²) in [4.78, 5) is 14.8. The van der Waals surface area contributed by atoms with Crippen molar-refractivity contribution >= 4 is 5.91 Å². The molecule has 1 amide bonds. The van der Waals surface area contributed by atoms with Gasteiger partial charge in [0.25, 0.3) is 0 Å². The molecular formula is C24H32N2O3. The normalized spacial score (nSPS) is 19.7. The number of morpholine rings is 1. The van der Waals surface area contributed by atoms with E-state index in [0.29, 0.717) is 13.0 Å². The predicted octanol–water partition coefficient (Wildman–Crippen LogP) is 3.55. The number of hydrogen-bond donors (Lipinski definition) is 1. The van der Waals surface area contributed by atoms with Crippen molar-refractivity contribution in [3.8, 4) is 5.75 Å². The minimum Gasteiger partial charge on any atom is -0.497 e. The third kappa shape index (κ3) is 6.58. The third-order valence-corrected chi connectivity index (χ3v) is 5.28. The molecule has 156 valence electrons. The fourth-order valence-electron chi connectivity index (χ4n) is 3.87. The minimum atomic E-state index is 0.0734. The summed E-state index contributed by atoms with van der Waals surface area (Å²) in [6, 6.07) is 16.2. The second-order valence-electron chi connectivity index (χ2n) is 7.84. The van der Waals surface area contributed by atoms with Gasteiger partial charge in [-0.05, 0) is 49.1 Å². The van der Waals surface area contributed by atoms with Gasteiger partial charge in [-0.15, -0.1) is 0 Å². The number of nitrogens with zero attached hydrogens (tertiary/aromatic N) is 1. The van der Waals surface area contributed by atoms with Gasteiger partial charge in [-0.1, -0.05) is 36.4 Å². The van der Waals surface area contributed by atoms with Gasteiger partial charge in [-0.2, -0.15) is 0 Å². The van der Waals surface area contributed by atoms with E-state index in [1.165, 1.54) is 11.1 Å². The number of ether oxygens (including phenoxy) is 2. The van der Waals surface area contributed by atoms with Crippen molar-refractivity contribution in [3.05, 3.63) is 65.2 Å². The Balaban J connectivity index is 1.50. The molecule has 0 saturated carbocycles. The second kappa shape index (κ2) is 10.4. The zero-order valence-electron chi connectivity index (χ0n) is 17.7. The van der Waals surface area contributed by atoms with E-state index in [1.54, 1.807) is 7.11 Å². The first kappa shape index (κ1) is 21.3. The lowest BCUT2D eigenvalue weighted by Gasteiger charge is -2.35. The molecule has 2 aromatic rings. The molecule has 3 rings (SSSR count). The molecule has 1 aliphatic heterocycles. The zero-order valence-corrected chi connectivity index (χ0v) is 17.7. The number of benzene rings is 2. The van der Waals surface area contributed by atoms with E-state index < -0.39 is 0 Å². The molecule has 0 radical (unpaired) electrons. The molecule has 1 aliphatic rings. The molecule has 1 heterocycles. The highest BCUT2D eigenvalue weighted by Gasteiger charge is 2.22. The molecule has 0 aliphatic carbocycles. The van der Waals surface area contributed by atoms with Crippen LogP contribution in [0.5, 0.6) is 5.75 Å². The first-order valence-corrected chi connectivity index (χ1v) is 10.4. The number of amides is 1. The fourth-order valence-corrected chi connectivity index (χ4v) is 3.87. The summed E-state index contributed by atoms with van der Waals surface area (Å²) in [5.74, 6) is 0.906. The van der Waals surface area contributed by atoms with Crippen LogP contribution in [0.15, 0.2) is 48.5 Å². The maximum atomic E-state index is 12.3. The van der Waals surface area contributed by atoms with Crippen molar-refractivity contribution in [1.82, 2.24) is 10.2 Å². The van der Waals surface area contributed by atoms with Crippen LogP contribution in [-0.2, 0) is 29.0 Å². The van der Waals surface area contributed by atoms with E-state index in [0.717, 1.165) is 37.4 Å². The summed E-state index contributed by atoms with van der Waals surface area (Å²) in [5.41, 5.74) is 3.58. The average Bonchev–Trinajstić information content (AvgIpc) is 2.71. The molecule has 0 bridgehead atoms. The van der Waals surface area contributed by atoms with Crippen molar-refractivity contribution in [3.63, 3.8) is 0 Å². The summed E-state index contributed by atoms with van der Waals surface area (Å²) in [7, 11) is 1.65. The standard InChI is InChI=1S/C24H32N2O3/c1-18-15-26(16-19(2)29-18)17-22-7-5-4-6-21(22)14-25-24(27)13-10-20-8-11-23(28-3)12-9-20/h4-9,11-12,18-19H,10,13-17H2,1-3H3,(H,25,27). The van der Waals surface area contributed by atoms with Gasteiger partial charge in [0.1, 0.15) is 5.75 Å². The molecule has 1 saturated heterocycles. The molecule has 1 fully saturated rings. The van der Waals surface area contributed by atoms with Crippen LogP contribution < -0.4 is 10.1 Å². The highest BCUT2D eigenvalue weighted by Crippen LogP contribution is 2.17. The molecular weight excluding hydrogens is 364 g/mol. The Kier molecular flexibility index (Phi) is 7.67. The number of aryl methyl sites for hydroxylation is 1. The van der Waals surface area contributed by atoms with Crippen LogP contribution in [0.2, 0.25) is 0 Å². The van der Waals surface area contributed by atoms with Crippen molar-refractivity contribution < 1.29 is 14.3 Å².